The van der Waals surface area contributed by atoms with Gasteiger partial charge in [0.25, 0.3) is 5.89 Å². The van der Waals surface area contributed by atoms with Crippen molar-refractivity contribution in [2.75, 3.05) is 5.73 Å². The molecule has 0 amide bonds. The molecule has 3 aromatic rings. The van der Waals surface area contributed by atoms with E-state index in [1.807, 2.05) is 0 Å². The van der Waals surface area contributed by atoms with Gasteiger partial charge >= 0.3 is 0 Å². The Balaban J connectivity index is 2.06. The molecule has 90 valence electrons. The summed E-state index contributed by atoms with van der Waals surface area (Å²) < 4.78 is 18.3. The molecule has 0 atom stereocenters. The van der Waals surface area contributed by atoms with E-state index < -0.39 is 5.82 Å². The van der Waals surface area contributed by atoms with E-state index in [9.17, 15) is 4.39 Å². The second kappa shape index (κ2) is 3.91. The van der Waals surface area contributed by atoms with Crippen LogP contribution in [0.1, 0.15) is 0 Å². The Labute approximate surface area is 99.8 Å². The first-order chi connectivity index (χ1) is 8.75. The highest BCUT2D eigenvalue weighted by Crippen LogP contribution is 2.27. The Hall–Kier alpha value is -2.77. The Morgan fingerprint density at radius 3 is 3.00 bits per heavy atom. The van der Waals surface area contributed by atoms with E-state index >= 15 is 0 Å². The van der Waals surface area contributed by atoms with Gasteiger partial charge in [0, 0.05) is 0 Å². The summed E-state index contributed by atoms with van der Waals surface area (Å²) in [6, 6.07) is 4.37. The van der Waals surface area contributed by atoms with Crippen LogP contribution in [0.5, 0.6) is 0 Å². The molecule has 0 fully saturated rings. The summed E-state index contributed by atoms with van der Waals surface area (Å²) >= 11 is 0. The Morgan fingerprint density at radius 2 is 2.22 bits per heavy atom. The highest BCUT2D eigenvalue weighted by atomic mass is 19.1. The van der Waals surface area contributed by atoms with Gasteiger partial charge in [-0.25, -0.2) is 4.39 Å². The number of benzene rings is 1. The van der Waals surface area contributed by atoms with Gasteiger partial charge in [-0.15, -0.1) is 0 Å². The maximum Gasteiger partial charge on any atom is 0.260 e. The van der Waals surface area contributed by atoms with Crippen molar-refractivity contribution in [1.82, 2.24) is 25.6 Å². The zero-order chi connectivity index (χ0) is 12.5. The molecule has 3 rings (SSSR count). The number of aromatic nitrogens is 5. The molecule has 18 heavy (non-hydrogen) atoms. The molecule has 0 aliphatic heterocycles. The molecule has 7 nitrogen and oxygen atoms in total. The zero-order valence-electron chi connectivity index (χ0n) is 8.96. The minimum absolute atomic E-state index is 0.0344. The molecule has 0 saturated carbocycles. The van der Waals surface area contributed by atoms with E-state index in [1.54, 1.807) is 6.07 Å². The average Bonchev–Trinajstić information content (AvgIpc) is 3.01. The first-order valence-electron chi connectivity index (χ1n) is 5.00. The number of nitrogens with two attached hydrogens (primary N) is 1. The number of nitrogen functional groups attached to an aromatic ring is 1. The number of aromatic amines is 1. The fourth-order valence-corrected chi connectivity index (χ4v) is 1.47. The fraction of sp³-hybridized carbons (Fsp3) is 0. The number of anilines is 1. The summed E-state index contributed by atoms with van der Waals surface area (Å²) in [5.74, 6) is -0.152. The predicted molar refractivity (Wildman–Crippen MR) is 59.5 cm³/mol. The molecular formula is C10H7FN6O. The second-order valence-corrected chi connectivity index (χ2v) is 3.48. The van der Waals surface area contributed by atoms with Crippen molar-refractivity contribution in [2.45, 2.75) is 0 Å². The first kappa shape index (κ1) is 10.4. The average molecular weight is 246 g/mol. The van der Waals surface area contributed by atoms with Crippen LogP contribution in [-0.2, 0) is 0 Å². The number of para-hydroxylation sites is 1. The zero-order valence-corrected chi connectivity index (χ0v) is 8.96. The number of nitrogens with zero attached hydrogens (tertiary/aromatic N) is 4. The summed E-state index contributed by atoms with van der Waals surface area (Å²) in [4.78, 5) is 4.08. The van der Waals surface area contributed by atoms with E-state index in [1.165, 1.54) is 18.3 Å². The van der Waals surface area contributed by atoms with Crippen molar-refractivity contribution in [3.63, 3.8) is 0 Å². The molecule has 2 aromatic heterocycles. The van der Waals surface area contributed by atoms with Crippen molar-refractivity contribution in [3.8, 4) is 23.0 Å². The Bertz CT molecular complexity index is 678. The van der Waals surface area contributed by atoms with Crippen LogP contribution >= 0.6 is 0 Å². The minimum Gasteiger partial charge on any atom is -0.396 e. The van der Waals surface area contributed by atoms with E-state index in [2.05, 4.69) is 25.6 Å². The van der Waals surface area contributed by atoms with Gasteiger partial charge in [-0.1, -0.05) is 11.2 Å². The van der Waals surface area contributed by atoms with E-state index in [0.29, 0.717) is 11.3 Å². The SMILES string of the molecule is Nc1c(F)cccc1-c1nc(-c2cn[nH]n2)no1. The van der Waals surface area contributed by atoms with Crippen molar-refractivity contribution < 1.29 is 8.91 Å². The number of H-pyrrole nitrogens is 1. The molecule has 0 spiro atoms. The lowest BCUT2D eigenvalue weighted by Gasteiger charge is -2.00. The molecule has 0 saturated heterocycles. The van der Waals surface area contributed by atoms with Crippen LogP contribution in [0.2, 0.25) is 0 Å². The lowest BCUT2D eigenvalue weighted by atomic mass is 10.2. The van der Waals surface area contributed by atoms with Crippen LogP contribution in [0.3, 0.4) is 0 Å². The lowest BCUT2D eigenvalue weighted by Crippen LogP contribution is -1.94. The molecule has 8 heteroatoms. The maximum absolute atomic E-state index is 13.3. The molecule has 0 radical (unpaired) electrons. The standard InChI is InChI=1S/C10H7FN6O/c11-6-3-1-2-5(8(6)12)10-14-9(16-18-10)7-4-13-17-15-7/h1-4H,12H2,(H,13,15,17). The molecule has 0 bridgehead atoms. The molecule has 2 heterocycles. The van der Waals surface area contributed by atoms with E-state index in [0.717, 1.165) is 0 Å². The van der Waals surface area contributed by atoms with Crippen molar-refractivity contribution in [2.24, 2.45) is 0 Å². The van der Waals surface area contributed by atoms with Gasteiger partial charge in [-0.05, 0) is 12.1 Å². The number of halogens is 1. The maximum atomic E-state index is 13.3. The molecule has 0 aliphatic rings. The van der Waals surface area contributed by atoms with Gasteiger partial charge in [0.05, 0.1) is 17.4 Å². The van der Waals surface area contributed by atoms with E-state index in [-0.39, 0.29) is 17.4 Å². The second-order valence-electron chi connectivity index (χ2n) is 3.48. The first-order valence-corrected chi connectivity index (χ1v) is 5.00. The molecule has 0 aliphatic carbocycles. The normalized spacial score (nSPS) is 10.7. The summed E-state index contributed by atoms with van der Waals surface area (Å²) in [6.45, 7) is 0. The van der Waals surface area contributed by atoms with Crippen molar-refractivity contribution >= 4 is 5.69 Å². The minimum atomic E-state index is -0.534. The van der Waals surface area contributed by atoms with Gasteiger partial charge in [-0.3, -0.25) is 0 Å². The smallest absolute Gasteiger partial charge is 0.260 e. The number of rotatable bonds is 2. The van der Waals surface area contributed by atoms with Gasteiger partial charge in [0.2, 0.25) is 5.82 Å². The topological polar surface area (TPSA) is 107 Å². The van der Waals surface area contributed by atoms with Gasteiger partial charge in [0.15, 0.2) is 5.69 Å². The van der Waals surface area contributed by atoms with Crippen LogP contribution < -0.4 is 5.73 Å². The Morgan fingerprint density at radius 1 is 1.33 bits per heavy atom. The van der Waals surface area contributed by atoms with Gasteiger partial charge in [0.1, 0.15) is 5.82 Å². The number of hydrogen-bond acceptors (Lipinski definition) is 6. The molecular weight excluding hydrogens is 239 g/mol. The number of hydrogen-bond donors (Lipinski definition) is 2. The summed E-state index contributed by atoms with van der Waals surface area (Å²) in [6.07, 6.45) is 1.45. The molecule has 3 N–H and O–H groups in total. The largest absolute Gasteiger partial charge is 0.396 e. The van der Waals surface area contributed by atoms with Crippen LogP contribution in [0.4, 0.5) is 10.1 Å². The quantitative estimate of drug-likeness (QED) is 0.659. The fourth-order valence-electron chi connectivity index (χ4n) is 1.47. The van der Waals surface area contributed by atoms with Crippen LogP contribution in [0.25, 0.3) is 23.0 Å². The highest BCUT2D eigenvalue weighted by molar-refractivity contribution is 5.71. The highest BCUT2D eigenvalue weighted by Gasteiger charge is 2.15. The van der Waals surface area contributed by atoms with Gasteiger partial charge in [-0.2, -0.15) is 20.4 Å². The van der Waals surface area contributed by atoms with Crippen molar-refractivity contribution in [3.05, 3.63) is 30.2 Å². The number of nitrogens with one attached hydrogen (secondary N) is 1. The third kappa shape index (κ3) is 1.59. The predicted octanol–water partition coefficient (Wildman–Crippen LogP) is 1.24. The van der Waals surface area contributed by atoms with Crippen LogP contribution in [-0.4, -0.2) is 25.6 Å². The lowest BCUT2D eigenvalue weighted by molar-refractivity contribution is 0.432. The van der Waals surface area contributed by atoms with Gasteiger partial charge < -0.3 is 10.3 Å². The molecule has 0 unspecified atom stereocenters. The van der Waals surface area contributed by atoms with Crippen LogP contribution in [0.15, 0.2) is 28.9 Å². The Kier molecular flexibility index (Phi) is 2.26. The molecule has 1 aromatic carbocycles. The third-order valence-corrected chi connectivity index (χ3v) is 2.35. The monoisotopic (exact) mass is 246 g/mol. The summed E-state index contributed by atoms with van der Waals surface area (Å²) in [5.41, 5.74) is 6.35. The van der Waals surface area contributed by atoms with Crippen molar-refractivity contribution in [1.29, 1.82) is 0 Å². The summed E-state index contributed by atoms with van der Waals surface area (Å²) in [5, 5.41) is 13.6. The van der Waals surface area contributed by atoms with E-state index in [4.69, 9.17) is 10.3 Å². The van der Waals surface area contributed by atoms with Crippen LogP contribution in [0, 0.1) is 5.82 Å². The summed E-state index contributed by atoms with van der Waals surface area (Å²) in [7, 11) is 0. The third-order valence-electron chi connectivity index (χ3n) is 2.35.